The number of pyridine rings is 1. The molecule has 7 nitrogen and oxygen atoms in total. The molecule has 1 aliphatic rings. The Morgan fingerprint density at radius 1 is 1.12 bits per heavy atom. The van der Waals surface area contributed by atoms with Crippen molar-refractivity contribution >= 4 is 45.3 Å². The molecule has 3 aromatic heterocycles. The number of nitrogens with zero attached hydrogens (tertiary/aromatic N) is 5. The number of nitrogens with one attached hydrogen (secondary N) is 1. The van der Waals surface area contributed by atoms with Gasteiger partial charge >= 0.3 is 0 Å². The molecule has 1 saturated heterocycles. The zero-order valence-electron chi connectivity index (χ0n) is 17.7. The predicted octanol–water partition coefficient (Wildman–Crippen LogP) is 4.04. The average molecular weight is 467 g/mol. The van der Waals surface area contributed by atoms with E-state index in [2.05, 4.69) is 32.1 Å². The molecule has 5 rings (SSSR count). The fourth-order valence-electron chi connectivity index (χ4n) is 3.77. The Morgan fingerprint density at radius 3 is 2.62 bits per heavy atom. The van der Waals surface area contributed by atoms with E-state index in [4.69, 9.17) is 11.6 Å². The van der Waals surface area contributed by atoms with Gasteiger partial charge in [-0.05, 0) is 31.3 Å². The zero-order valence-corrected chi connectivity index (χ0v) is 19.2. The second-order valence-corrected chi connectivity index (χ2v) is 9.21. The largest absolute Gasteiger partial charge is 0.354 e. The number of carbonyl (C=O) groups excluding carboxylic acids is 1. The summed E-state index contributed by atoms with van der Waals surface area (Å²) in [4.78, 5) is 27.3. The van der Waals surface area contributed by atoms with Crippen molar-refractivity contribution in [3.63, 3.8) is 0 Å². The minimum Gasteiger partial charge on any atom is -0.354 e. The molecule has 9 heteroatoms. The fourth-order valence-corrected chi connectivity index (χ4v) is 4.77. The van der Waals surface area contributed by atoms with Crippen LogP contribution < -0.4 is 10.2 Å². The Hall–Kier alpha value is -2.94. The summed E-state index contributed by atoms with van der Waals surface area (Å²) in [6.45, 7) is 3.99. The van der Waals surface area contributed by atoms with Crippen molar-refractivity contribution in [2.45, 2.75) is 6.42 Å². The summed E-state index contributed by atoms with van der Waals surface area (Å²) in [7, 11) is 2.13. The normalized spacial score (nSPS) is 14.8. The molecule has 1 fully saturated rings. The topological polar surface area (TPSA) is 65.8 Å². The second-order valence-electron chi connectivity index (χ2n) is 7.93. The van der Waals surface area contributed by atoms with Crippen LogP contribution in [0, 0.1) is 0 Å². The molecule has 1 aliphatic heterocycles. The van der Waals surface area contributed by atoms with Gasteiger partial charge in [-0.15, -0.1) is 11.3 Å². The van der Waals surface area contributed by atoms with Crippen molar-refractivity contribution in [2.24, 2.45) is 0 Å². The first-order valence-corrected chi connectivity index (χ1v) is 11.7. The second kappa shape index (κ2) is 8.90. The third kappa shape index (κ3) is 4.48. The Morgan fingerprint density at radius 2 is 1.91 bits per heavy atom. The Labute approximate surface area is 195 Å². The number of thiazole rings is 1. The van der Waals surface area contributed by atoms with E-state index in [0.29, 0.717) is 10.7 Å². The lowest BCUT2D eigenvalue weighted by Gasteiger charge is -2.33. The van der Waals surface area contributed by atoms with Crippen LogP contribution in [0.5, 0.6) is 0 Å². The van der Waals surface area contributed by atoms with E-state index in [1.807, 2.05) is 52.4 Å². The summed E-state index contributed by atoms with van der Waals surface area (Å²) in [5.74, 6) is 0.865. The molecule has 0 saturated carbocycles. The molecule has 1 aromatic carbocycles. The summed E-state index contributed by atoms with van der Waals surface area (Å²) in [6.07, 6.45) is 3.95. The lowest BCUT2D eigenvalue weighted by Crippen LogP contribution is -2.44. The van der Waals surface area contributed by atoms with Crippen LogP contribution >= 0.6 is 22.9 Å². The predicted molar refractivity (Wildman–Crippen MR) is 130 cm³/mol. The van der Waals surface area contributed by atoms with Crippen LogP contribution in [0.2, 0.25) is 5.02 Å². The number of aromatic nitrogens is 3. The SMILES string of the molecule is CN1CCN(c2ccc(NC(=O)Cc3csc4nc(-c5ccc(Cl)cc5)cn34)cn2)CC1. The van der Waals surface area contributed by atoms with Crippen molar-refractivity contribution in [3.05, 3.63) is 64.9 Å². The summed E-state index contributed by atoms with van der Waals surface area (Å²) in [6, 6.07) is 11.5. The van der Waals surface area contributed by atoms with Gasteiger partial charge in [0.15, 0.2) is 4.96 Å². The first-order chi connectivity index (χ1) is 15.5. The van der Waals surface area contributed by atoms with Crippen LogP contribution in [0.3, 0.4) is 0 Å². The fraction of sp³-hybridized carbons (Fsp3) is 0.261. The van der Waals surface area contributed by atoms with Gasteiger partial charge in [0.25, 0.3) is 0 Å². The molecule has 1 N–H and O–H groups in total. The van der Waals surface area contributed by atoms with Gasteiger partial charge in [0.05, 0.1) is 24.0 Å². The number of anilines is 2. The number of hydrogen-bond donors (Lipinski definition) is 1. The molecule has 1 amide bonds. The van der Waals surface area contributed by atoms with Gasteiger partial charge in [-0.2, -0.15) is 0 Å². The van der Waals surface area contributed by atoms with Gasteiger partial charge in [-0.25, -0.2) is 9.97 Å². The molecule has 0 unspecified atom stereocenters. The van der Waals surface area contributed by atoms with Crippen LogP contribution in [0.4, 0.5) is 11.5 Å². The molecule has 164 valence electrons. The van der Waals surface area contributed by atoms with Crippen molar-refractivity contribution in [1.29, 1.82) is 0 Å². The van der Waals surface area contributed by atoms with Gasteiger partial charge in [-0.1, -0.05) is 23.7 Å². The van der Waals surface area contributed by atoms with Crippen LogP contribution in [0.1, 0.15) is 5.69 Å². The van der Waals surface area contributed by atoms with Crippen LogP contribution in [0.15, 0.2) is 54.2 Å². The van der Waals surface area contributed by atoms with Gasteiger partial charge in [0.2, 0.25) is 5.91 Å². The van der Waals surface area contributed by atoms with E-state index in [-0.39, 0.29) is 12.3 Å². The third-order valence-electron chi connectivity index (χ3n) is 5.62. The first kappa shape index (κ1) is 20.9. The quantitative estimate of drug-likeness (QED) is 0.480. The highest BCUT2D eigenvalue weighted by Crippen LogP contribution is 2.25. The number of hydrogen-bond acceptors (Lipinski definition) is 6. The summed E-state index contributed by atoms with van der Waals surface area (Å²) >= 11 is 7.51. The van der Waals surface area contributed by atoms with E-state index in [1.54, 1.807) is 6.20 Å². The van der Waals surface area contributed by atoms with Crippen LogP contribution in [-0.2, 0) is 11.2 Å². The molecule has 32 heavy (non-hydrogen) atoms. The number of amides is 1. The molecule has 0 spiro atoms. The molecule has 0 aliphatic carbocycles. The zero-order chi connectivity index (χ0) is 22.1. The first-order valence-electron chi connectivity index (χ1n) is 10.5. The summed E-state index contributed by atoms with van der Waals surface area (Å²) in [5.41, 5.74) is 3.45. The van der Waals surface area contributed by atoms with Crippen LogP contribution in [0.25, 0.3) is 16.2 Å². The van der Waals surface area contributed by atoms with Gasteiger partial charge in [0, 0.05) is 54.0 Å². The standard InChI is InChI=1S/C23H23ClN6OS/c1-28-8-10-29(11-9-28)21-7-6-18(13-25-21)26-22(31)12-19-15-32-23-27-20(14-30(19)23)16-2-4-17(24)5-3-16/h2-7,13-15H,8-12H2,1H3,(H,26,31). The molecule has 4 heterocycles. The van der Waals surface area contributed by atoms with Gasteiger partial charge < -0.3 is 15.1 Å². The van der Waals surface area contributed by atoms with E-state index in [1.165, 1.54) is 11.3 Å². The molecule has 0 radical (unpaired) electrons. The van der Waals surface area contributed by atoms with Crippen molar-refractivity contribution in [3.8, 4) is 11.3 Å². The number of fused-ring (bicyclic) bond motifs is 1. The minimum absolute atomic E-state index is 0.0828. The highest BCUT2D eigenvalue weighted by molar-refractivity contribution is 7.15. The lowest BCUT2D eigenvalue weighted by molar-refractivity contribution is -0.115. The molecule has 0 atom stereocenters. The van der Waals surface area contributed by atoms with Crippen molar-refractivity contribution < 1.29 is 4.79 Å². The maximum Gasteiger partial charge on any atom is 0.230 e. The van der Waals surface area contributed by atoms with E-state index in [9.17, 15) is 4.79 Å². The Kier molecular flexibility index (Phi) is 5.82. The number of rotatable bonds is 5. The van der Waals surface area contributed by atoms with Crippen molar-refractivity contribution in [1.82, 2.24) is 19.3 Å². The highest BCUT2D eigenvalue weighted by atomic mass is 35.5. The summed E-state index contributed by atoms with van der Waals surface area (Å²) in [5, 5.41) is 5.62. The van der Waals surface area contributed by atoms with Gasteiger partial charge in [-0.3, -0.25) is 9.20 Å². The molecule has 0 bridgehead atoms. The highest BCUT2D eigenvalue weighted by Gasteiger charge is 2.16. The third-order valence-corrected chi connectivity index (χ3v) is 6.76. The monoisotopic (exact) mass is 466 g/mol. The molecular weight excluding hydrogens is 444 g/mol. The minimum atomic E-state index is -0.0828. The smallest absolute Gasteiger partial charge is 0.230 e. The number of benzene rings is 1. The lowest BCUT2D eigenvalue weighted by atomic mass is 10.2. The van der Waals surface area contributed by atoms with E-state index in [0.717, 1.165) is 53.9 Å². The van der Waals surface area contributed by atoms with Crippen LogP contribution in [-0.4, -0.2) is 58.4 Å². The molecular formula is C23H23ClN6OS. The summed E-state index contributed by atoms with van der Waals surface area (Å²) < 4.78 is 1.98. The Bertz CT molecular complexity index is 1230. The van der Waals surface area contributed by atoms with E-state index >= 15 is 0 Å². The van der Waals surface area contributed by atoms with Crippen molar-refractivity contribution in [2.75, 3.05) is 43.4 Å². The maximum atomic E-state index is 12.7. The maximum absolute atomic E-state index is 12.7. The molecule has 4 aromatic rings. The number of imidazole rings is 1. The number of likely N-dealkylation sites (N-methyl/N-ethyl adjacent to an activating group) is 1. The average Bonchev–Trinajstić information content (AvgIpc) is 3.37. The number of halogens is 1. The Balaban J connectivity index is 1.24. The number of carbonyl (C=O) groups is 1. The van der Waals surface area contributed by atoms with Gasteiger partial charge in [0.1, 0.15) is 5.82 Å². The van der Waals surface area contributed by atoms with E-state index < -0.39 is 0 Å². The number of piperazine rings is 1.